The van der Waals surface area contributed by atoms with Gasteiger partial charge in [0.2, 0.25) is 0 Å². The lowest BCUT2D eigenvalue weighted by atomic mass is 9.89. The molecule has 0 unspecified atom stereocenters. The highest BCUT2D eigenvalue weighted by Gasteiger charge is 2.48. The lowest BCUT2D eigenvalue weighted by molar-refractivity contribution is -0.135. The van der Waals surface area contributed by atoms with Crippen molar-refractivity contribution in [2.24, 2.45) is 5.92 Å². The van der Waals surface area contributed by atoms with Crippen LogP contribution in [0.25, 0.3) is 0 Å². The molecule has 2 amide bonds. The van der Waals surface area contributed by atoms with E-state index in [1.165, 1.54) is 6.42 Å². The Labute approximate surface area is 127 Å². The SMILES string of the molecule is CC(C)OC[C@@H]1CCC[C@@]12CN(C(=O)NC1CC1)CCO2. The molecule has 3 fully saturated rings. The molecule has 1 heterocycles. The Morgan fingerprint density at radius 1 is 1.43 bits per heavy atom. The maximum atomic E-state index is 12.3. The second-order valence-electron chi connectivity index (χ2n) is 7.03. The number of rotatable bonds is 4. The molecular weight excluding hydrogens is 268 g/mol. The van der Waals surface area contributed by atoms with E-state index in [0.29, 0.717) is 25.1 Å². The van der Waals surface area contributed by atoms with Crippen molar-refractivity contribution in [3.05, 3.63) is 0 Å². The van der Waals surface area contributed by atoms with Crippen molar-refractivity contribution >= 4 is 6.03 Å². The largest absolute Gasteiger partial charge is 0.378 e. The van der Waals surface area contributed by atoms with Gasteiger partial charge in [-0.2, -0.15) is 0 Å². The van der Waals surface area contributed by atoms with Crippen molar-refractivity contribution in [1.29, 1.82) is 0 Å². The molecule has 5 nitrogen and oxygen atoms in total. The molecule has 3 rings (SSSR count). The predicted molar refractivity (Wildman–Crippen MR) is 80.2 cm³/mol. The Morgan fingerprint density at radius 2 is 2.24 bits per heavy atom. The molecule has 3 aliphatic rings. The number of carbonyl (C=O) groups is 1. The molecule has 2 atom stereocenters. The summed E-state index contributed by atoms with van der Waals surface area (Å²) in [7, 11) is 0. The summed E-state index contributed by atoms with van der Waals surface area (Å²) in [6.07, 6.45) is 5.87. The Hall–Kier alpha value is -0.810. The third kappa shape index (κ3) is 3.51. The van der Waals surface area contributed by atoms with E-state index < -0.39 is 0 Å². The van der Waals surface area contributed by atoms with Crippen LogP contribution in [-0.4, -0.2) is 55.0 Å². The molecule has 21 heavy (non-hydrogen) atoms. The van der Waals surface area contributed by atoms with Gasteiger partial charge in [0.15, 0.2) is 0 Å². The monoisotopic (exact) mass is 296 g/mol. The van der Waals surface area contributed by atoms with Crippen LogP contribution < -0.4 is 5.32 Å². The first-order valence-electron chi connectivity index (χ1n) is 8.40. The summed E-state index contributed by atoms with van der Waals surface area (Å²) in [5.74, 6) is 0.413. The van der Waals surface area contributed by atoms with E-state index in [9.17, 15) is 4.79 Å². The fourth-order valence-electron chi connectivity index (χ4n) is 3.53. The molecule has 0 aromatic heterocycles. The fourth-order valence-corrected chi connectivity index (χ4v) is 3.53. The van der Waals surface area contributed by atoms with Crippen molar-refractivity contribution < 1.29 is 14.3 Å². The maximum absolute atomic E-state index is 12.3. The van der Waals surface area contributed by atoms with Crippen LogP contribution in [0.4, 0.5) is 4.79 Å². The number of amides is 2. The van der Waals surface area contributed by atoms with Gasteiger partial charge in [0.1, 0.15) is 0 Å². The summed E-state index contributed by atoms with van der Waals surface area (Å²) in [5, 5.41) is 3.10. The summed E-state index contributed by atoms with van der Waals surface area (Å²) in [4.78, 5) is 14.2. The molecule has 1 saturated heterocycles. The molecule has 2 saturated carbocycles. The minimum Gasteiger partial charge on any atom is -0.378 e. The number of nitrogens with zero attached hydrogens (tertiary/aromatic N) is 1. The van der Waals surface area contributed by atoms with Gasteiger partial charge < -0.3 is 19.7 Å². The molecule has 0 aromatic carbocycles. The standard InChI is InChI=1S/C16H28N2O3/c1-12(2)20-10-13-4-3-7-16(13)11-18(8-9-21-16)15(19)17-14-5-6-14/h12-14H,3-11H2,1-2H3,(H,17,19)/t13-,16+/m0/s1. The second kappa shape index (κ2) is 6.13. The van der Waals surface area contributed by atoms with Crippen molar-refractivity contribution in [1.82, 2.24) is 10.2 Å². The molecule has 1 spiro atoms. The molecule has 0 radical (unpaired) electrons. The number of morpholine rings is 1. The van der Waals surface area contributed by atoms with Gasteiger partial charge in [-0.15, -0.1) is 0 Å². The van der Waals surface area contributed by atoms with Crippen LogP contribution in [0, 0.1) is 5.92 Å². The zero-order chi connectivity index (χ0) is 14.9. The van der Waals surface area contributed by atoms with Gasteiger partial charge in [0.05, 0.1) is 31.5 Å². The van der Waals surface area contributed by atoms with Crippen molar-refractivity contribution in [3.63, 3.8) is 0 Å². The summed E-state index contributed by atoms with van der Waals surface area (Å²) < 4.78 is 12.0. The van der Waals surface area contributed by atoms with Crippen LogP contribution in [0.2, 0.25) is 0 Å². The van der Waals surface area contributed by atoms with Gasteiger partial charge in [-0.1, -0.05) is 6.42 Å². The van der Waals surface area contributed by atoms with Crippen LogP contribution in [0.3, 0.4) is 0 Å². The molecule has 0 bridgehead atoms. The third-order valence-corrected chi connectivity index (χ3v) is 4.93. The van der Waals surface area contributed by atoms with Crippen molar-refractivity contribution in [2.45, 2.75) is 63.7 Å². The van der Waals surface area contributed by atoms with Gasteiger partial charge >= 0.3 is 6.03 Å². The van der Waals surface area contributed by atoms with Crippen molar-refractivity contribution in [2.75, 3.05) is 26.3 Å². The highest BCUT2D eigenvalue weighted by Crippen LogP contribution is 2.41. The summed E-state index contributed by atoms with van der Waals surface area (Å²) in [5.41, 5.74) is -0.173. The average molecular weight is 296 g/mol. The quantitative estimate of drug-likeness (QED) is 0.865. The Kier molecular flexibility index (Phi) is 4.41. The first-order valence-corrected chi connectivity index (χ1v) is 8.40. The fraction of sp³-hybridized carbons (Fsp3) is 0.938. The van der Waals surface area contributed by atoms with E-state index in [2.05, 4.69) is 19.2 Å². The number of hydrogen-bond acceptors (Lipinski definition) is 3. The van der Waals surface area contributed by atoms with Crippen LogP contribution >= 0.6 is 0 Å². The van der Waals surface area contributed by atoms with E-state index in [4.69, 9.17) is 9.47 Å². The first-order chi connectivity index (χ1) is 10.1. The minimum absolute atomic E-state index is 0.0932. The molecular formula is C16H28N2O3. The lowest BCUT2D eigenvalue weighted by Crippen LogP contribution is -2.58. The maximum Gasteiger partial charge on any atom is 0.317 e. The predicted octanol–water partition coefficient (Wildman–Crippen LogP) is 2.15. The number of hydrogen-bond donors (Lipinski definition) is 1. The van der Waals surface area contributed by atoms with E-state index >= 15 is 0 Å². The van der Waals surface area contributed by atoms with E-state index in [0.717, 1.165) is 38.8 Å². The summed E-state index contributed by atoms with van der Waals surface area (Å²) in [6, 6.07) is 0.510. The molecule has 2 aliphatic carbocycles. The minimum atomic E-state index is -0.173. The van der Waals surface area contributed by atoms with Crippen molar-refractivity contribution in [3.8, 4) is 0 Å². The average Bonchev–Trinajstić information content (AvgIpc) is 3.19. The Bertz CT molecular complexity index is 384. The van der Waals surface area contributed by atoms with E-state index in [-0.39, 0.29) is 17.7 Å². The van der Waals surface area contributed by atoms with Crippen LogP contribution in [0.1, 0.15) is 46.0 Å². The van der Waals surface area contributed by atoms with Gasteiger partial charge in [-0.05, 0) is 39.5 Å². The molecule has 5 heteroatoms. The van der Waals surface area contributed by atoms with E-state index in [1.54, 1.807) is 0 Å². The Balaban J connectivity index is 1.60. The second-order valence-corrected chi connectivity index (χ2v) is 7.03. The van der Waals surface area contributed by atoms with E-state index in [1.807, 2.05) is 4.90 Å². The number of ether oxygens (including phenoxy) is 2. The highest BCUT2D eigenvalue weighted by atomic mass is 16.5. The Morgan fingerprint density at radius 3 is 2.95 bits per heavy atom. The zero-order valence-corrected chi connectivity index (χ0v) is 13.3. The molecule has 0 aromatic rings. The van der Waals surface area contributed by atoms with Crippen LogP contribution in [0.5, 0.6) is 0 Å². The van der Waals surface area contributed by atoms with Crippen LogP contribution in [-0.2, 0) is 9.47 Å². The summed E-state index contributed by atoms with van der Waals surface area (Å²) in [6.45, 7) is 6.96. The van der Waals surface area contributed by atoms with Gasteiger partial charge in [0.25, 0.3) is 0 Å². The molecule has 120 valence electrons. The molecule has 1 N–H and O–H groups in total. The van der Waals surface area contributed by atoms with Gasteiger partial charge in [0, 0.05) is 18.5 Å². The van der Waals surface area contributed by atoms with Gasteiger partial charge in [-0.3, -0.25) is 0 Å². The highest BCUT2D eigenvalue weighted by molar-refractivity contribution is 5.75. The molecule has 1 aliphatic heterocycles. The summed E-state index contributed by atoms with van der Waals surface area (Å²) >= 11 is 0. The first kappa shape index (κ1) is 15.1. The van der Waals surface area contributed by atoms with Gasteiger partial charge in [-0.25, -0.2) is 4.79 Å². The number of nitrogens with one attached hydrogen (secondary N) is 1. The van der Waals surface area contributed by atoms with Crippen LogP contribution in [0.15, 0.2) is 0 Å². The number of carbonyl (C=O) groups excluding carboxylic acids is 1. The smallest absolute Gasteiger partial charge is 0.317 e. The topological polar surface area (TPSA) is 50.8 Å². The zero-order valence-electron chi connectivity index (χ0n) is 13.3. The number of urea groups is 1. The third-order valence-electron chi connectivity index (χ3n) is 4.93. The lowest BCUT2D eigenvalue weighted by Gasteiger charge is -2.44. The normalized spacial score (nSPS) is 32.9.